The minimum absolute atomic E-state index is 0. The molecular weight excluding hydrogens is 165 g/mol. The van der Waals surface area contributed by atoms with Gasteiger partial charge in [-0.05, 0) is 0 Å². The van der Waals surface area contributed by atoms with Crippen molar-refractivity contribution in [2.75, 3.05) is 0 Å². The molecule has 0 aliphatic rings. The molecule has 0 saturated carbocycles. The molecule has 0 nitrogen and oxygen atoms in total. The second kappa shape index (κ2) is 47.5. The van der Waals surface area contributed by atoms with E-state index in [1.54, 1.807) is 0 Å². The zero-order chi connectivity index (χ0) is 4.00. The van der Waals surface area contributed by atoms with E-state index in [9.17, 15) is 0 Å². The Morgan fingerprint density at radius 3 is 0.429 bits per heavy atom. The van der Waals surface area contributed by atoms with Gasteiger partial charge in [0.1, 0.15) is 0 Å². The molecule has 0 saturated heterocycles. The van der Waals surface area contributed by atoms with Gasteiger partial charge in [-0.15, -0.1) is 26.3 Å². The zero-order valence-electron chi connectivity index (χ0n) is 2.83. The van der Waals surface area contributed by atoms with E-state index < -0.39 is 0 Å². The molecular formula is C4H11K3. The third kappa shape index (κ3) is 38.0. The van der Waals surface area contributed by atoms with Gasteiger partial charge in [0.25, 0.3) is 0 Å². The monoisotopic (exact) mass is 176 g/mol. The van der Waals surface area contributed by atoms with E-state index in [1.165, 1.54) is 0 Å². The van der Waals surface area contributed by atoms with E-state index in [1.807, 2.05) is 0 Å². The van der Waals surface area contributed by atoms with E-state index in [-0.39, 0.29) is 154 Å². The third-order valence-corrected chi connectivity index (χ3v) is 0. The number of hydrogen-bond acceptors (Lipinski definition) is 0. The van der Waals surface area contributed by atoms with Crippen LogP contribution in [0.5, 0.6) is 0 Å². The molecule has 0 atom stereocenters. The SMILES string of the molecule is C=C.C=C.[KH].[KH].[KH]. The first-order valence-corrected chi connectivity index (χ1v) is 1.000. The Labute approximate surface area is 174 Å². The van der Waals surface area contributed by atoms with Gasteiger partial charge in [-0.1, -0.05) is 0 Å². The van der Waals surface area contributed by atoms with E-state index >= 15 is 0 Å². The Bertz CT molecular complexity index is 8.90. The molecule has 7 heavy (non-hydrogen) atoms. The van der Waals surface area contributed by atoms with Crippen molar-refractivity contribution in [1.82, 2.24) is 0 Å². The molecule has 3 heteroatoms. The Morgan fingerprint density at radius 1 is 0.429 bits per heavy atom. The minimum atomic E-state index is 0. The quantitative estimate of drug-likeness (QED) is 0.350. The summed E-state index contributed by atoms with van der Waals surface area (Å²) in [6.07, 6.45) is 0. The molecule has 0 radical (unpaired) electrons. The fraction of sp³-hybridized carbons (Fsp3) is 0. The van der Waals surface area contributed by atoms with Crippen LogP contribution in [0.15, 0.2) is 26.3 Å². The fourth-order valence-corrected chi connectivity index (χ4v) is 0. The van der Waals surface area contributed by atoms with Gasteiger partial charge < -0.3 is 0 Å². The molecule has 0 aromatic rings. The topological polar surface area (TPSA) is 0 Å². The summed E-state index contributed by atoms with van der Waals surface area (Å²) in [5, 5.41) is 0. The molecule has 0 aliphatic carbocycles. The summed E-state index contributed by atoms with van der Waals surface area (Å²) in [5.74, 6) is 0. The number of rotatable bonds is 0. The van der Waals surface area contributed by atoms with Crippen molar-refractivity contribution in [3.63, 3.8) is 0 Å². The molecule has 0 spiro atoms. The molecule has 30 valence electrons. The van der Waals surface area contributed by atoms with Crippen molar-refractivity contribution in [2.45, 2.75) is 0 Å². The van der Waals surface area contributed by atoms with Crippen LogP contribution < -0.4 is 0 Å². The van der Waals surface area contributed by atoms with Gasteiger partial charge in [0.2, 0.25) is 0 Å². The molecule has 0 rings (SSSR count). The van der Waals surface area contributed by atoms with E-state index in [0.29, 0.717) is 0 Å². The molecule has 0 amide bonds. The molecule has 0 aromatic carbocycles. The van der Waals surface area contributed by atoms with Crippen molar-refractivity contribution in [3.8, 4) is 0 Å². The van der Waals surface area contributed by atoms with E-state index in [4.69, 9.17) is 0 Å². The van der Waals surface area contributed by atoms with Crippen molar-refractivity contribution in [3.05, 3.63) is 26.3 Å². The normalized spacial score (nSPS) is 1.14. The van der Waals surface area contributed by atoms with Crippen LogP contribution in [-0.2, 0) is 0 Å². The van der Waals surface area contributed by atoms with Crippen molar-refractivity contribution in [2.24, 2.45) is 0 Å². The molecule has 0 bridgehead atoms. The summed E-state index contributed by atoms with van der Waals surface area (Å²) in [5.41, 5.74) is 0. The van der Waals surface area contributed by atoms with Gasteiger partial charge in [-0.2, -0.15) is 0 Å². The predicted octanol–water partition coefficient (Wildman–Crippen LogP) is -0.341. The van der Waals surface area contributed by atoms with Crippen molar-refractivity contribution >= 4 is 154 Å². The predicted molar refractivity (Wildman–Crippen MR) is 44.0 cm³/mol. The average Bonchev–Trinajstić information content (AvgIpc) is 1.50. The molecule has 0 N–H and O–H groups in total. The molecule has 0 fully saturated rings. The van der Waals surface area contributed by atoms with Crippen LogP contribution in [0.2, 0.25) is 0 Å². The second-order valence-electron chi connectivity index (χ2n) is 0. The Kier molecular flexibility index (Phi) is 205. The summed E-state index contributed by atoms with van der Waals surface area (Å²) in [7, 11) is 0. The van der Waals surface area contributed by atoms with Gasteiger partial charge in [0, 0.05) is 0 Å². The van der Waals surface area contributed by atoms with Crippen molar-refractivity contribution < 1.29 is 0 Å². The molecule has 0 aliphatic heterocycles. The molecule has 0 aromatic heterocycles. The summed E-state index contributed by atoms with van der Waals surface area (Å²) in [6, 6.07) is 0. The first-order valence-electron chi connectivity index (χ1n) is 1.000. The Morgan fingerprint density at radius 2 is 0.429 bits per heavy atom. The second-order valence-corrected chi connectivity index (χ2v) is 0. The van der Waals surface area contributed by atoms with E-state index in [2.05, 4.69) is 26.3 Å². The maximum atomic E-state index is 3.00. The van der Waals surface area contributed by atoms with Gasteiger partial charge in [-0.25, -0.2) is 0 Å². The first kappa shape index (κ1) is 30.1. The molecule has 0 unspecified atom stereocenters. The Balaban J connectivity index is -0.00000000267. The van der Waals surface area contributed by atoms with Gasteiger partial charge >= 0.3 is 154 Å². The van der Waals surface area contributed by atoms with Crippen LogP contribution in [0.25, 0.3) is 0 Å². The fourth-order valence-electron chi connectivity index (χ4n) is 0. The Hall–Kier alpha value is 4.39. The van der Waals surface area contributed by atoms with Gasteiger partial charge in [0.05, 0.1) is 0 Å². The number of hydrogen-bond donors (Lipinski definition) is 0. The van der Waals surface area contributed by atoms with Gasteiger partial charge in [0.15, 0.2) is 0 Å². The summed E-state index contributed by atoms with van der Waals surface area (Å²) in [4.78, 5) is 0. The first-order chi connectivity index (χ1) is 2.00. The summed E-state index contributed by atoms with van der Waals surface area (Å²) in [6.45, 7) is 12.0. The maximum absolute atomic E-state index is 3.00. The van der Waals surface area contributed by atoms with Crippen LogP contribution in [-0.4, -0.2) is 154 Å². The van der Waals surface area contributed by atoms with Crippen LogP contribution >= 0.6 is 0 Å². The van der Waals surface area contributed by atoms with Crippen LogP contribution in [0, 0.1) is 0 Å². The third-order valence-electron chi connectivity index (χ3n) is 0. The summed E-state index contributed by atoms with van der Waals surface area (Å²) < 4.78 is 0. The summed E-state index contributed by atoms with van der Waals surface area (Å²) >= 11 is 0. The standard InChI is InChI=1S/2C2H4.3K.3H/c2*1-2;;;;;;/h2*1-2H2;;;;;;. The van der Waals surface area contributed by atoms with Crippen LogP contribution in [0.4, 0.5) is 0 Å². The van der Waals surface area contributed by atoms with Gasteiger partial charge in [-0.3, -0.25) is 0 Å². The van der Waals surface area contributed by atoms with Crippen LogP contribution in [0.1, 0.15) is 0 Å². The molecule has 0 heterocycles. The zero-order valence-corrected chi connectivity index (χ0v) is 2.83. The van der Waals surface area contributed by atoms with Crippen LogP contribution in [0.3, 0.4) is 0 Å². The average molecular weight is 176 g/mol. The van der Waals surface area contributed by atoms with Crippen molar-refractivity contribution in [1.29, 1.82) is 0 Å². The van der Waals surface area contributed by atoms with E-state index in [0.717, 1.165) is 0 Å².